The van der Waals surface area contributed by atoms with Crippen molar-refractivity contribution in [2.24, 2.45) is 13.0 Å². The van der Waals surface area contributed by atoms with E-state index in [1.165, 1.54) is 43.6 Å². The molecule has 6 nitrogen and oxygen atoms in total. The van der Waals surface area contributed by atoms with Crippen LogP contribution in [0.3, 0.4) is 0 Å². The fraction of sp³-hybridized carbons (Fsp3) is 0.348. The van der Waals surface area contributed by atoms with Gasteiger partial charge in [-0.3, -0.25) is 4.79 Å². The highest BCUT2D eigenvalue weighted by Crippen LogP contribution is 2.30. The Morgan fingerprint density at radius 2 is 1.87 bits per heavy atom. The summed E-state index contributed by atoms with van der Waals surface area (Å²) in [5, 5.41) is 0.0448. The largest absolute Gasteiger partial charge is 0.497 e. The molecule has 1 fully saturated rings. The first-order valence-electron chi connectivity index (χ1n) is 10.2. The maximum atomic E-state index is 15.0. The van der Waals surface area contributed by atoms with E-state index < -0.39 is 21.1 Å². The van der Waals surface area contributed by atoms with E-state index in [0.717, 1.165) is 25.9 Å². The van der Waals surface area contributed by atoms with Crippen LogP contribution in [0.25, 0.3) is 10.9 Å². The second-order valence-electron chi connectivity index (χ2n) is 8.13. The number of rotatable bonds is 4. The van der Waals surface area contributed by atoms with E-state index in [0.29, 0.717) is 22.9 Å². The van der Waals surface area contributed by atoms with Crippen molar-refractivity contribution in [3.8, 4) is 5.75 Å². The molecule has 4 rings (SSSR count). The minimum atomic E-state index is -4.08. The minimum Gasteiger partial charge on any atom is -0.497 e. The summed E-state index contributed by atoms with van der Waals surface area (Å²) in [6.45, 7) is 3.64. The molecule has 0 bridgehead atoms. The van der Waals surface area contributed by atoms with Crippen molar-refractivity contribution in [3.05, 3.63) is 58.6 Å². The van der Waals surface area contributed by atoms with Gasteiger partial charge in [0.2, 0.25) is 15.3 Å². The standard InChI is InChI=1S/C23H25FN2O4S/c1-15-5-4-10-26(13-15)21-12-20-18(11-19(21)24)23(27)22(14-25(20)2)31(28,29)17-8-6-16(30-3)7-9-17/h6-9,11-12,14-15H,4-5,10,13H2,1-3H3/t15-/m0/s1. The normalized spacial score (nSPS) is 17.2. The van der Waals surface area contributed by atoms with Crippen LogP contribution < -0.4 is 15.1 Å². The van der Waals surface area contributed by atoms with Crippen molar-refractivity contribution in [1.29, 1.82) is 0 Å². The lowest BCUT2D eigenvalue weighted by Crippen LogP contribution is -2.35. The van der Waals surface area contributed by atoms with Crippen LogP contribution in [0, 0.1) is 11.7 Å². The molecule has 1 aliphatic heterocycles. The molecule has 0 spiro atoms. The zero-order valence-electron chi connectivity index (χ0n) is 17.8. The van der Waals surface area contributed by atoms with Gasteiger partial charge in [0.1, 0.15) is 16.5 Å². The molecule has 0 amide bonds. The fourth-order valence-electron chi connectivity index (χ4n) is 4.19. The molecule has 3 aromatic rings. The first-order chi connectivity index (χ1) is 14.7. The van der Waals surface area contributed by atoms with Crippen LogP contribution in [0.4, 0.5) is 10.1 Å². The Balaban J connectivity index is 1.85. The number of halogens is 1. The number of anilines is 1. The number of piperidine rings is 1. The highest BCUT2D eigenvalue weighted by atomic mass is 32.2. The lowest BCUT2D eigenvalue weighted by Gasteiger charge is -2.33. The molecule has 1 aromatic heterocycles. The van der Waals surface area contributed by atoms with Crippen molar-refractivity contribution in [3.63, 3.8) is 0 Å². The molecule has 1 aliphatic rings. The quantitative estimate of drug-likeness (QED) is 0.613. The fourth-order valence-corrected chi connectivity index (χ4v) is 5.58. The van der Waals surface area contributed by atoms with Gasteiger partial charge in [-0.1, -0.05) is 6.92 Å². The first kappa shape index (κ1) is 21.4. The first-order valence-corrected chi connectivity index (χ1v) is 11.7. The lowest BCUT2D eigenvalue weighted by atomic mass is 9.99. The van der Waals surface area contributed by atoms with Crippen molar-refractivity contribution in [2.45, 2.75) is 29.6 Å². The average Bonchev–Trinajstić information content (AvgIpc) is 2.75. The van der Waals surface area contributed by atoms with Gasteiger partial charge in [0.05, 0.1) is 28.6 Å². The Hall–Kier alpha value is -2.87. The van der Waals surface area contributed by atoms with Gasteiger partial charge in [-0.05, 0) is 55.2 Å². The maximum absolute atomic E-state index is 15.0. The smallest absolute Gasteiger partial charge is 0.211 e. The number of nitrogens with zero attached hydrogens (tertiary/aromatic N) is 2. The molecule has 0 saturated carbocycles. The summed E-state index contributed by atoms with van der Waals surface area (Å²) in [5.74, 6) is 0.453. The number of sulfone groups is 1. The molecule has 2 aromatic carbocycles. The third kappa shape index (κ3) is 3.80. The highest BCUT2D eigenvalue weighted by molar-refractivity contribution is 7.91. The van der Waals surface area contributed by atoms with E-state index >= 15 is 4.39 Å². The minimum absolute atomic E-state index is 0.0239. The Morgan fingerprint density at radius 1 is 1.16 bits per heavy atom. The second-order valence-corrected chi connectivity index (χ2v) is 10.0. The summed E-state index contributed by atoms with van der Waals surface area (Å²) in [6.07, 6.45) is 3.40. The second kappa shape index (κ2) is 8.00. The molecule has 0 radical (unpaired) electrons. The Labute approximate surface area is 180 Å². The van der Waals surface area contributed by atoms with Gasteiger partial charge in [-0.25, -0.2) is 12.8 Å². The van der Waals surface area contributed by atoms with E-state index in [1.54, 1.807) is 17.7 Å². The highest BCUT2D eigenvalue weighted by Gasteiger charge is 2.25. The van der Waals surface area contributed by atoms with E-state index in [-0.39, 0.29) is 15.2 Å². The summed E-state index contributed by atoms with van der Waals surface area (Å²) in [5.41, 5.74) is 0.231. The van der Waals surface area contributed by atoms with Crippen molar-refractivity contribution < 1.29 is 17.5 Å². The predicted molar refractivity (Wildman–Crippen MR) is 118 cm³/mol. The number of benzene rings is 2. The molecular formula is C23H25FN2O4S. The number of pyridine rings is 1. The number of aromatic nitrogens is 1. The number of ether oxygens (including phenoxy) is 1. The van der Waals surface area contributed by atoms with Gasteiger partial charge in [0.25, 0.3) is 0 Å². The number of hydrogen-bond donors (Lipinski definition) is 0. The molecule has 164 valence electrons. The summed E-state index contributed by atoms with van der Waals surface area (Å²) in [6, 6.07) is 8.62. The average molecular weight is 445 g/mol. The van der Waals surface area contributed by atoms with E-state index in [2.05, 4.69) is 6.92 Å². The Morgan fingerprint density at radius 3 is 2.52 bits per heavy atom. The summed E-state index contributed by atoms with van der Waals surface area (Å²) >= 11 is 0. The zero-order chi connectivity index (χ0) is 22.3. The van der Waals surface area contributed by atoms with E-state index in [4.69, 9.17) is 4.74 Å². The molecule has 0 unspecified atom stereocenters. The summed E-state index contributed by atoms with van der Waals surface area (Å²) in [7, 11) is -0.937. The van der Waals surface area contributed by atoms with Gasteiger partial charge in [-0.2, -0.15) is 0 Å². The molecular weight excluding hydrogens is 419 g/mol. The SMILES string of the molecule is COc1ccc(S(=O)(=O)c2cn(C)c3cc(N4CCC[C@H](C)C4)c(F)cc3c2=O)cc1. The van der Waals surface area contributed by atoms with Crippen LogP contribution in [0.1, 0.15) is 19.8 Å². The van der Waals surface area contributed by atoms with Crippen molar-refractivity contribution in [2.75, 3.05) is 25.1 Å². The van der Waals surface area contributed by atoms with Crippen molar-refractivity contribution >= 4 is 26.4 Å². The predicted octanol–water partition coefficient (Wildman–Crippen LogP) is 3.76. The number of aryl methyl sites for hydroxylation is 1. The van der Waals surface area contributed by atoms with Crippen LogP contribution in [0.5, 0.6) is 5.75 Å². The van der Waals surface area contributed by atoms with Crippen LogP contribution in [0.15, 0.2) is 57.2 Å². The van der Waals surface area contributed by atoms with Gasteiger partial charge >= 0.3 is 0 Å². The molecule has 8 heteroatoms. The Kier molecular flexibility index (Phi) is 5.51. The molecule has 31 heavy (non-hydrogen) atoms. The van der Waals surface area contributed by atoms with Gasteiger partial charge < -0.3 is 14.2 Å². The molecule has 1 saturated heterocycles. The van der Waals surface area contributed by atoms with Crippen molar-refractivity contribution in [1.82, 2.24) is 4.57 Å². The van der Waals surface area contributed by atoms with Gasteiger partial charge in [-0.15, -0.1) is 0 Å². The molecule has 2 heterocycles. The Bertz CT molecular complexity index is 1300. The maximum Gasteiger partial charge on any atom is 0.211 e. The summed E-state index contributed by atoms with van der Waals surface area (Å²) < 4.78 is 47.9. The lowest BCUT2D eigenvalue weighted by molar-refractivity contribution is 0.414. The monoisotopic (exact) mass is 444 g/mol. The van der Waals surface area contributed by atoms with Crippen LogP contribution in [0.2, 0.25) is 0 Å². The van der Waals surface area contributed by atoms with Gasteiger partial charge in [0.15, 0.2) is 0 Å². The van der Waals surface area contributed by atoms with E-state index in [9.17, 15) is 13.2 Å². The number of fused-ring (bicyclic) bond motifs is 1. The van der Waals surface area contributed by atoms with Crippen LogP contribution in [-0.4, -0.2) is 33.2 Å². The molecule has 0 aliphatic carbocycles. The van der Waals surface area contributed by atoms with Gasteiger partial charge in [0, 0.05) is 26.3 Å². The number of methoxy groups -OCH3 is 1. The third-order valence-corrected chi connectivity index (χ3v) is 7.64. The zero-order valence-corrected chi connectivity index (χ0v) is 18.6. The van der Waals surface area contributed by atoms with Crippen LogP contribution >= 0.6 is 0 Å². The summed E-state index contributed by atoms with van der Waals surface area (Å²) in [4.78, 5) is 14.7. The molecule has 0 N–H and O–H groups in total. The third-order valence-electron chi connectivity index (χ3n) is 5.88. The van der Waals surface area contributed by atoms with E-state index in [1.807, 2.05) is 4.90 Å². The molecule has 1 atom stereocenters. The topological polar surface area (TPSA) is 68.6 Å². The number of hydrogen-bond acceptors (Lipinski definition) is 5. The van der Waals surface area contributed by atoms with Crippen LogP contribution in [-0.2, 0) is 16.9 Å².